The number of thioether (sulfide) groups is 1. The highest BCUT2D eigenvalue weighted by Gasteiger charge is 2.44. The Morgan fingerprint density at radius 2 is 2.25 bits per heavy atom. The zero-order chi connectivity index (χ0) is 14.0. The summed E-state index contributed by atoms with van der Waals surface area (Å²) in [4.78, 5) is 0. The van der Waals surface area contributed by atoms with E-state index in [-0.39, 0.29) is 5.60 Å². The van der Waals surface area contributed by atoms with Crippen molar-refractivity contribution >= 4 is 11.8 Å². The topological polar surface area (TPSA) is 21.3 Å². The minimum absolute atomic E-state index is 0.239. The maximum atomic E-state index is 6.23. The molecule has 116 valence electrons. The van der Waals surface area contributed by atoms with Crippen LogP contribution < -0.4 is 5.32 Å². The van der Waals surface area contributed by atoms with Crippen molar-refractivity contribution in [3.63, 3.8) is 0 Å². The van der Waals surface area contributed by atoms with E-state index in [0.29, 0.717) is 0 Å². The number of hydrogen-bond donors (Lipinski definition) is 1. The second kappa shape index (κ2) is 6.58. The Kier molecular flexibility index (Phi) is 4.99. The molecule has 2 aliphatic heterocycles. The van der Waals surface area contributed by atoms with Gasteiger partial charge in [0.2, 0.25) is 0 Å². The third-order valence-corrected chi connectivity index (χ3v) is 7.16. The van der Waals surface area contributed by atoms with Crippen LogP contribution in [0.25, 0.3) is 0 Å². The van der Waals surface area contributed by atoms with Crippen LogP contribution in [0.2, 0.25) is 0 Å². The van der Waals surface area contributed by atoms with E-state index in [0.717, 1.165) is 36.9 Å². The number of rotatable bonds is 4. The zero-order valence-electron chi connectivity index (χ0n) is 13.2. The Morgan fingerprint density at radius 1 is 1.35 bits per heavy atom. The summed E-state index contributed by atoms with van der Waals surface area (Å²) < 4.78 is 6.23. The lowest BCUT2D eigenvalue weighted by Gasteiger charge is -2.43. The molecular weight excluding hydrogens is 266 g/mol. The Labute approximate surface area is 128 Å². The Hall–Kier alpha value is 0.270. The molecular formula is C17H31NOS. The zero-order valence-corrected chi connectivity index (χ0v) is 14.0. The summed E-state index contributed by atoms with van der Waals surface area (Å²) in [5.41, 5.74) is 0.239. The number of hydrogen-bond acceptors (Lipinski definition) is 3. The van der Waals surface area contributed by atoms with E-state index >= 15 is 0 Å². The van der Waals surface area contributed by atoms with E-state index in [9.17, 15) is 0 Å². The van der Waals surface area contributed by atoms with Gasteiger partial charge in [0, 0.05) is 18.4 Å². The average Bonchev–Trinajstić information content (AvgIpc) is 3.06. The van der Waals surface area contributed by atoms with Gasteiger partial charge in [-0.2, -0.15) is 11.8 Å². The standard InChI is InChI=1S/C17H31NOS/c1-3-18-16(15-6-4-5-13(15)2)14-7-9-19-17(11-14)8-10-20-12-17/h13-16,18H,3-12H2,1-2H3. The summed E-state index contributed by atoms with van der Waals surface area (Å²) in [6, 6.07) is 0.740. The lowest BCUT2D eigenvalue weighted by Crippen LogP contribution is -2.50. The van der Waals surface area contributed by atoms with Crippen LogP contribution in [0, 0.1) is 17.8 Å². The van der Waals surface area contributed by atoms with E-state index in [1.807, 2.05) is 0 Å². The Morgan fingerprint density at radius 3 is 2.90 bits per heavy atom. The first-order valence-electron chi connectivity index (χ1n) is 8.69. The highest BCUT2D eigenvalue weighted by atomic mass is 32.2. The van der Waals surface area contributed by atoms with Gasteiger partial charge in [0.1, 0.15) is 0 Å². The molecule has 3 aliphatic rings. The lowest BCUT2D eigenvalue weighted by atomic mass is 9.74. The van der Waals surface area contributed by atoms with Gasteiger partial charge in [-0.15, -0.1) is 0 Å². The summed E-state index contributed by atoms with van der Waals surface area (Å²) in [7, 11) is 0. The molecule has 0 aromatic heterocycles. The molecule has 5 unspecified atom stereocenters. The lowest BCUT2D eigenvalue weighted by molar-refractivity contribution is -0.0891. The van der Waals surface area contributed by atoms with Gasteiger partial charge in [-0.1, -0.05) is 26.7 Å². The normalized spacial score (nSPS) is 43.2. The van der Waals surface area contributed by atoms with Crippen LogP contribution >= 0.6 is 11.8 Å². The van der Waals surface area contributed by atoms with Crippen LogP contribution in [0.4, 0.5) is 0 Å². The summed E-state index contributed by atoms with van der Waals surface area (Å²) in [5.74, 6) is 5.20. The fourth-order valence-electron chi connectivity index (χ4n) is 4.85. The molecule has 1 saturated carbocycles. The number of nitrogens with one attached hydrogen (secondary N) is 1. The molecule has 2 nitrogen and oxygen atoms in total. The molecule has 0 aromatic carbocycles. The van der Waals surface area contributed by atoms with Crippen molar-refractivity contribution in [1.29, 1.82) is 0 Å². The molecule has 0 amide bonds. The van der Waals surface area contributed by atoms with Gasteiger partial charge in [-0.25, -0.2) is 0 Å². The van der Waals surface area contributed by atoms with Crippen molar-refractivity contribution in [2.75, 3.05) is 24.7 Å². The number of ether oxygens (including phenoxy) is 1. The molecule has 1 N–H and O–H groups in total. The smallest absolute Gasteiger partial charge is 0.0783 e. The van der Waals surface area contributed by atoms with Gasteiger partial charge in [-0.3, -0.25) is 0 Å². The first-order chi connectivity index (χ1) is 9.74. The van der Waals surface area contributed by atoms with Crippen molar-refractivity contribution in [3.05, 3.63) is 0 Å². The minimum Gasteiger partial charge on any atom is -0.374 e. The summed E-state index contributed by atoms with van der Waals surface area (Å²) in [6.45, 7) is 6.86. The molecule has 3 heteroatoms. The van der Waals surface area contributed by atoms with E-state index in [2.05, 4.69) is 30.9 Å². The minimum atomic E-state index is 0.239. The van der Waals surface area contributed by atoms with Gasteiger partial charge >= 0.3 is 0 Å². The monoisotopic (exact) mass is 297 g/mol. The van der Waals surface area contributed by atoms with Crippen LogP contribution in [-0.4, -0.2) is 36.3 Å². The van der Waals surface area contributed by atoms with E-state index in [1.165, 1.54) is 50.0 Å². The second-order valence-corrected chi connectivity index (χ2v) is 8.35. The van der Waals surface area contributed by atoms with Crippen LogP contribution in [0.3, 0.4) is 0 Å². The van der Waals surface area contributed by atoms with E-state index < -0.39 is 0 Å². The average molecular weight is 298 g/mol. The van der Waals surface area contributed by atoms with Crippen LogP contribution in [0.5, 0.6) is 0 Å². The molecule has 1 aliphatic carbocycles. The Balaban J connectivity index is 1.70. The van der Waals surface area contributed by atoms with Crippen molar-refractivity contribution in [2.45, 2.75) is 64.0 Å². The maximum Gasteiger partial charge on any atom is 0.0783 e. The highest BCUT2D eigenvalue weighted by molar-refractivity contribution is 7.99. The molecule has 0 aromatic rings. The van der Waals surface area contributed by atoms with Crippen LogP contribution in [-0.2, 0) is 4.74 Å². The molecule has 2 saturated heterocycles. The van der Waals surface area contributed by atoms with Crippen molar-refractivity contribution in [3.8, 4) is 0 Å². The molecule has 3 fully saturated rings. The van der Waals surface area contributed by atoms with E-state index in [4.69, 9.17) is 4.74 Å². The summed E-state index contributed by atoms with van der Waals surface area (Å²) >= 11 is 2.09. The quantitative estimate of drug-likeness (QED) is 0.855. The third-order valence-electron chi connectivity index (χ3n) is 5.94. The van der Waals surface area contributed by atoms with Gasteiger partial charge in [0.25, 0.3) is 0 Å². The molecule has 0 radical (unpaired) electrons. The molecule has 2 heterocycles. The third kappa shape index (κ3) is 3.05. The largest absolute Gasteiger partial charge is 0.374 e. The van der Waals surface area contributed by atoms with Gasteiger partial charge in [0.05, 0.1) is 5.60 Å². The fraction of sp³-hybridized carbons (Fsp3) is 1.00. The molecule has 20 heavy (non-hydrogen) atoms. The SMILES string of the molecule is CCNC(C1CCOC2(CCSC2)C1)C1CCCC1C. The highest BCUT2D eigenvalue weighted by Crippen LogP contribution is 2.45. The van der Waals surface area contributed by atoms with Crippen molar-refractivity contribution < 1.29 is 4.74 Å². The fourth-order valence-corrected chi connectivity index (χ4v) is 6.22. The summed E-state index contributed by atoms with van der Waals surface area (Å²) in [5, 5.41) is 3.87. The van der Waals surface area contributed by atoms with Crippen LogP contribution in [0.15, 0.2) is 0 Å². The van der Waals surface area contributed by atoms with Gasteiger partial charge in [0.15, 0.2) is 0 Å². The van der Waals surface area contributed by atoms with Crippen molar-refractivity contribution in [2.24, 2.45) is 17.8 Å². The van der Waals surface area contributed by atoms with Gasteiger partial charge < -0.3 is 10.1 Å². The first kappa shape index (κ1) is 15.2. The van der Waals surface area contributed by atoms with Crippen molar-refractivity contribution in [1.82, 2.24) is 5.32 Å². The van der Waals surface area contributed by atoms with Crippen LogP contribution in [0.1, 0.15) is 52.4 Å². The molecule has 0 bridgehead atoms. The second-order valence-electron chi connectivity index (χ2n) is 7.24. The van der Waals surface area contributed by atoms with Gasteiger partial charge in [-0.05, 0) is 55.7 Å². The Bertz CT molecular complexity index is 316. The first-order valence-corrected chi connectivity index (χ1v) is 9.85. The summed E-state index contributed by atoms with van der Waals surface area (Å²) in [6.07, 6.45) is 8.19. The maximum absolute atomic E-state index is 6.23. The molecule has 5 atom stereocenters. The predicted molar refractivity (Wildman–Crippen MR) is 87.3 cm³/mol. The molecule has 3 rings (SSSR count). The van der Waals surface area contributed by atoms with E-state index in [1.54, 1.807) is 0 Å². The predicted octanol–water partition coefficient (Wildman–Crippen LogP) is 3.70. The molecule has 1 spiro atoms.